The van der Waals surface area contributed by atoms with Gasteiger partial charge < -0.3 is 11.1 Å². The molecule has 0 aliphatic rings. The van der Waals surface area contributed by atoms with E-state index in [1.807, 2.05) is 6.07 Å². The van der Waals surface area contributed by atoms with E-state index in [9.17, 15) is 4.39 Å². The van der Waals surface area contributed by atoms with Gasteiger partial charge in [0.05, 0.1) is 0 Å². The van der Waals surface area contributed by atoms with E-state index in [1.165, 1.54) is 12.1 Å². The summed E-state index contributed by atoms with van der Waals surface area (Å²) < 4.78 is 14.0. The number of halogens is 2. The summed E-state index contributed by atoms with van der Waals surface area (Å²) in [6.45, 7) is 1.12. The lowest BCUT2D eigenvalue weighted by atomic mass is 10.1. The Balaban J connectivity index is 2.57. The maximum Gasteiger partial charge on any atom is 0.134 e. The highest BCUT2D eigenvalue weighted by molar-refractivity contribution is 9.10. The highest BCUT2D eigenvalue weighted by Crippen LogP contribution is 2.28. The van der Waals surface area contributed by atoms with Crippen molar-refractivity contribution in [1.29, 1.82) is 0 Å². The van der Waals surface area contributed by atoms with Gasteiger partial charge in [-0.3, -0.25) is 0 Å². The van der Waals surface area contributed by atoms with Crippen molar-refractivity contribution in [2.75, 3.05) is 18.4 Å². The van der Waals surface area contributed by atoms with Crippen molar-refractivity contribution in [1.82, 2.24) is 4.98 Å². The lowest BCUT2D eigenvalue weighted by molar-refractivity contribution is 0.629. The molecule has 16 heavy (non-hydrogen) atoms. The number of nitrogens with one attached hydrogen (secondary N) is 1. The number of benzene rings is 1. The van der Waals surface area contributed by atoms with E-state index in [2.05, 4.69) is 26.2 Å². The highest BCUT2D eigenvalue weighted by atomic mass is 79.9. The standard InChI is InChI=1S/C11H11BrFN3/c12-10-6-7(13)5-9-8(10)1-3-15-11(9)16-4-2-14/h1,3,5-6H,2,4,14H2,(H,15,16). The minimum atomic E-state index is -0.289. The molecule has 0 spiro atoms. The first-order valence-electron chi connectivity index (χ1n) is 4.90. The average Bonchev–Trinajstić information content (AvgIpc) is 2.26. The molecule has 1 aromatic heterocycles. The zero-order valence-corrected chi connectivity index (χ0v) is 10.1. The minimum absolute atomic E-state index is 0.289. The first kappa shape index (κ1) is 11.3. The van der Waals surface area contributed by atoms with E-state index in [0.717, 1.165) is 15.2 Å². The van der Waals surface area contributed by atoms with Crippen LogP contribution >= 0.6 is 15.9 Å². The van der Waals surface area contributed by atoms with Gasteiger partial charge in [0, 0.05) is 34.5 Å². The maximum absolute atomic E-state index is 13.3. The van der Waals surface area contributed by atoms with E-state index < -0.39 is 0 Å². The molecule has 3 N–H and O–H groups in total. The Morgan fingerprint density at radius 3 is 2.94 bits per heavy atom. The second-order valence-corrected chi connectivity index (χ2v) is 4.21. The summed E-state index contributed by atoms with van der Waals surface area (Å²) in [5, 5.41) is 4.75. The summed E-state index contributed by atoms with van der Waals surface area (Å²) in [6, 6.07) is 4.74. The van der Waals surface area contributed by atoms with E-state index in [4.69, 9.17) is 5.73 Å². The van der Waals surface area contributed by atoms with Gasteiger partial charge in [0.2, 0.25) is 0 Å². The fourth-order valence-corrected chi connectivity index (χ4v) is 2.10. The molecule has 0 amide bonds. The third-order valence-electron chi connectivity index (χ3n) is 2.23. The third kappa shape index (κ3) is 2.15. The molecule has 3 nitrogen and oxygen atoms in total. The van der Waals surface area contributed by atoms with Crippen LogP contribution < -0.4 is 11.1 Å². The fourth-order valence-electron chi connectivity index (χ4n) is 1.54. The van der Waals surface area contributed by atoms with Crippen molar-refractivity contribution < 1.29 is 4.39 Å². The molecular formula is C11H11BrFN3. The number of rotatable bonds is 3. The predicted octanol–water partition coefficient (Wildman–Crippen LogP) is 2.51. The summed E-state index contributed by atoms with van der Waals surface area (Å²) in [6.07, 6.45) is 1.68. The second kappa shape index (κ2) is 4.76. The molecule has 2 aromatic rings. The molecule has 0 aliphatic carbocycles. The lowest BCUT2D eigenvalue weighted by Gasteiger charge is -2.08. The largest absolute Gasteiger partial charge is 0.368 e. The Labute approximate surface area is 101 Å². The number of hydrogen-bond donors (Lipinski definition) is 2. The van der Waals surface area contributed by atoms with Gasteiger partial charge in [-0.2, -0.15) is 0 Å². The Hall–Kier alpha value is -1.20. The Morgan fingerprint density at radius 1 is 1.38 bits per heavy atom. The molecule has 2 rings (SSSR count). The molecule has 84 valence electrons. The van der Waals surface area contributed by atoms with Crippen molar-refractivity contribution in [3.63, 3.8) is 0 Å². The third-order valence-corrected chi connectivity index (χ3v) is 2.89. The molecule has 0 bridgehead atoms. The molecule has 0 aliphatic heterocycles. The first-order valence-corrected chi connectivity index (χ1v) is 5.69. The Morgan fingerprint density at radius 2 is 2.19 bits per heavy atom. The fraction of sp³-hybridized carbons (Fsp3) is 0.182. The summed E-state index contributed by atoms with van der Waals surface area (Å²) in [5.41, 5.74) is 5.41. The van der Waals surface area contributed by atoms with Crippen molar-refractivity contribution in [3.05, 3.63) is 34.7 Å². The van der Waals surface area contributed by atoms with Gasteiger partial charge >= 0.3 is 0 Å². The summed E-state index contributed by atoms with van der Waals surface area (Å²) in [5.74, 6) is 0.367. The van der Waals surface area contributed by atoms with Crippen LogP contribution in [0, 0.1) is 5.82 Å². The van der Waals surface area contributed by atoms with Gasteiger partial charge in [-0.25, -0.2) is 9.37 Å². The molecule has 0 atom stereocenters. The topological polar surface area (TPSA) is 50.9 Å². The number of pyridine rings is 1. The van der Waals surface area contributed by atoms with E-state index in [1.54, 1.807) is 6.20 Å². The van der Waals surface area contributed by atoms with Crippen molar-refractivity contribution in [2.24, 2.45) is 5.73 Å². The quantitative estimate of drug-likeness (QED) is 0.910. The minimum Gasteiger partial charge on any atom is -0.368 e. The predicted molar refractivity (Wildman–Crippen MR) is 66.9 cm³/mol. The molecule has 0 saturated carbocycles. The summed E-state index contributed by atoms with van der Waals surface area (Å²) in [7, 11) is 0. The number of nitrogens with two attached hydrogens (primary N) is 1. The average molecular weight is 284 g/mol. The molecule has 0 saturated heterocycles. The Bertz CT molecular complexity index is 516. The van der Waals surface area contributed by atoms with Gasteiger partial charge in [-0.05, 0) is 18.2 Å². The number of aromatic nitrogens is 1. The van der Waals surface area contributed by atoms with Crippen LogP contribution in [0.2, 0.25) is 0 Å². The molecule has 1 aromatic carbocycles. The molecular weight excluding hydrogens is 273 g/mol. The van der Waals surface area contributed by atoms with Crippen LogP contribution in [-0.2, 0) is 0 Å². The first-order chi connectivity index (χ1) is 7.72. The summed E-state index contributed by atoms with van der Waals surface area (Å²) >= 11 is 3.33. The van der Waals surface area contributed by atoms with E-state index >= 15 is 0 Å². The zero-order chi connectivity index (χ0) is 11.5. The zero-order valence-electron chi connectivity index (χ0n) is 8.50. The molecule has 5 heteroatoms. The van der Waals surface area contributed by atoms with Crippen LogP contribution in [0.3, 0.4) is 0 Å². The van der Waals surface area contributed by atoms with Crippen LogP contribution in [0.25, 0.3) is 10.8 Å². The normalized spacial score (nSPS) is 10.7. The lowest BCUT2D eigenvalue weighted by Crippen LogP contribution is -2.14. The SMILES string of the molecule is NCCNc1nccc2c(Br)cc(F)cc12. The van der Waals surface area contributed by atoms with Gasteiger partial charge in [0.15, 0.2) is 0 Å². The smallest absolute Gasteiger partial charge is 0.134 e. The van der Waals surface area contributed by atoms with Crippen LogP contribution in [0.4, 0.5) is 10.2 Å². The van der Waals surface area contributed by atoms with Gasteiger partial charge in [-0.1, -0.05) is 15.9 Å². The van der Waals surface area contributed by atoms with Crippen LogP contribution in [0.5, 0.6) is 0 Å². The van der Waals surface area contributed by atoms with Crippen molar-refractivity contribution in [3.8, 4) is 0 Å². The number of fused-ring (bicyclic) bond motifs is 1. The van der Waals surface area contributed by atoms with Gasteiger partial charge in [0.1, 0.15) is 11.6 Å². The number of nitrogens with zero attached hydrogens (tertiary/aromatic N) is 1. The van der Waals surface area contributed by atoms with Crippen LogP contribution in [0.15, 0.2) is 28.9 Å². The molecule has 0 radical (unpaired) electrons. The van der Waals surface area contributed by atoms with Crippen LogP contribution in [-0.4, -0.2) is 18.1 Å². The van der Waals surface area contributed by atoms with Gasteiger partial charge in [0.25, 0.3) is 0 Å². The maximum atomic E-state index is 13.3. The molecule has 0 unspecified atom stereocenters. The highest BCUT2D eigenvalue weighted by Gasteiger charge is 2.06. The van der Waals surface area contributed by atoms with Gasteiger partial charge in [-0.15, -0.1) is 0 Å². The molecule has 0 fully saturated rings. The number of anilines is 1. The second-order valence-electron chi connectivity index (χ2n) is 3.36. The number of hydrogen-bond acceptors (Lipinski definition) is 3. The van der Waals surface area contributed by atoms with Crippen LogP contribution in [0.1, 0.15) is 0 Å². The Kier molecular flexibility index (Phi) is 3.36. The van der Waals surface area contributed by atoms with Crippen molar-refractivity contribution in [2.45, 2.75) is 0 Å². The monoisotopic (exact) mass is 283 g/mol. The van der Waals surface area contributed by atoms with E-state index in [0.29, 0.717) is 18.9 Å². The molecule has 1 heterocycles. The van der Waals surface area contributed by atoms with E-state index in [-0.39, 0.29) is 5.82 Å². The summed E-state index contributed by atoms with van der Waals surface area (Å²) in [4.78, 5) is 4.17. The van der Waals surface area contributed by atoms with Crippen molar-refractivity contribution >= 4 is 32.5 Å².